The molecule has 0 saturated carbocycles. The van der Waals surface area contributed by atoms with Crippen molar-refractivity contribution in [2.45, 2.75) is 46.4 Å². The highest BCUT2D eigenvalue weighted by atomic mass is 35.5. The molecule has 0 unspecified atom stereocenters. The van der Waals surface area contributed by atoms with Gasteiger partial charge in [0.05, 0.1) is 6.26 Å². The van der Waals surface area contributed by atoms with Crippen molar-refractivity contribution in [3.63, 3.8) is 0 Å². The van der Waals surface area contributed by atoms with Crippen LogP contribution in [0.5, 0.6) is 5.75 Å². The van der Waals surface area contributed by atoms with Crippen LogP contribution in [0.15, 0.2) is 34.9 Å². The van der Waals surface area contributed by atoms with Crippen molar-refractivity contribution < 1.29 is 9.15 Å². The van der Waals surface area contributed by atoms with Gasteiger partial charge in [0.15, 0.2) is 0 Å². The fraction of sp³-hybridized carbons (Fsp3) is 0.412. The zero-order chi connectivity index (χ0) is 15.5. The summed E-state index contributed by atoms with van der Waals surface area (Å²) in [6, 6.07) is 7.58. The Labute approximate surface area is 131 Å². The van der Waals surface area contributed by atoms with Crippen LogP contribution < -0.4 is 10.1 Å². The van der Waals surface area contributed by atoms with E-state index in [2.05, 4.69) is 26.1 Å². The Kier molecular flexibility index (Phi) is 4.96. The lowest BCUT2D eigenvalue weighted by Gasteiger charge is -2.20. The van der Waals surface area contributed by atoms with Crippen molar-refractivity contribution in [2.75, 3.05) is 0 Å². The second-order valence-electron chi connectivity index (χ2n) is 6.17. The van der Waals surface area contributed by atoms with Gasteiger partial charge in [-0.3, -0.25) is 0 Å². The zero-order valence-electron chi connectivity index (χ0n) is 13.0. The van der Waals surface area contributed by atoms with E-state index in [0.717, 1.165) is 29.2 Å². The quantitative estimate of drug-likeness (QED) is 0.868. The first kappa shape index (κ1) is 15.9. The van der Waals surface area contributed by atoms with E-state index in [1.165, 1.54) is 0 Å². The lowest BCUT2D eigenvalue weighted by molar-refractivity contribution is 0.265. The van der Waals surface area contributed by atoms with Crippen molar-refractivity contribution in [2.24, 2.45) is 0 Å². The Balaban J connectivity index is 1.99. The van der Waals surface area contributed by atoms with Gasteiger partial charge in [-0.05, 0) is 57.5 Å². The molecule has 0 radical (unpaired) electrons. The number of hydrogen-bond donors (Lipinski definition) is 1. The molecule has 0 aliphatic heterocycles. The summed E-state index contributed by atoms with van der Waals surface area (Å²) >= 11 is 5.94. The predicted octanol–water partition coefficient (Wildman–Crippen LogP) is 4.71. The minimum Gasteiger partial charge on any atom is -0.485 e. The van der Waals surface area contributed by atoms with Crippen LogP contribution >= 0.6 is 11.6 Å². The van der Waals surface area contributed by atoms with E-state index in [-0.39, 0.29) is 5.54 Å². The lowest BCUT2D eigenvalue weighted by atomic mass is 10.1. The molecule has 0 bridgehead atoms. The highest BCUT2D eigenvalue weighted by molar-refractivity contribution is 6.30. The van der Waals surface area contributed by atoms with E-state index in [1.54, 1.807) is 6.26 Å². The van der Waals surface area contributed by atoms with Gasteiger partial charge in [0.2, 0.25) is 0 Å². The normalized spacial score (nSPS) is 11.7. The maximum atomic E-state index is 5.94. The van der Waals surface area contributed by atoms with Crippen LogP contribution in [0, 0.1) is 6.92 Å². The van der Waals surface area contributed by atoms with Gasteiger partial charge in [0, 0.05) is 22.7 Å². The van der Waals surface area contributed by atoms with Crippen LogP contribution in [-0.2, 0) is 13.2 Å². The second-order valence-corrected chi connectivity index (χ2v) is 6.61. The van der Waals surface area contributed by atoms with Crippen molar-refractivity contribution in [1.82, 2.24) is 5.32 Å². The number of aryl methyl sites for hydroxylation is 1. The number of furan rings is 1. The van der Waals surface area contributed by atoms with Crippen LogP contribution in [0.2, 0.25) is 5.02 Å². The van der Waals surface area contributed by atoms with Crippen LogP contribution in [0.4, 0.5) is 0 Å². The summed E-state index contributed by atoms with van der Waals surface area (Å²) in [5.41, 5.74) is 2.21. The standard InChI is InChI=1S/C17H22ClNO2/c1-12-9-14(18)5-6-15(12)21-11-16-13(7-8-20-16)10-19-17(2,3)4/h5-9,19H,10-11H2,1-4H3. The van der Waals surface area contributed by atoms with Crippen LogP contribution in [-0.4, -0.2) is 5.54 Å². The first-order valence-corrected chi connectivity index (χ1v) is 7.42. The van der Waals surface area contributed by atoms with Crippen LogP contribution in [0.1, 0.15) is 37.7 Å². The number of halogens is 1. The Morgan fingerprint density at radius 1 is 1.24 bits per heavy atom. The third kappa shape index (κ3) is 4.80. The van der Waals surface area contributed by atoms with Crippen molar-refractivity contribution in [3.8, 4) is 5.75 Å². The Morgan fingerprint density at radius 3 is 2.67 bits per heavy atom. The highest BCUT2D eigenvalue weighted by Crippen LogP contribution is 2.23. The summed E-state index contributed by atoms with van der Waals surface area (Å²) in [6.07, 6.45) is 1.70. The molecule has 4 heteroatoms. The second kappa shape index (κ2) is 6.54. The number of benzene rings is 1. The van der Waals surface area contributed by atoms with E-state index in [0.29, 0.717) is 11.6 Å². The summed E-state index contributed by atoms with van der Waals surface area (Å²) in [5, 5.41) is 4.16. The molecule has 0 saturated heterocycles. The molecule has 1 aromatic heterocycles. The SMILES string of the molecule is Cc1cc(Cl)ccc1OCc1occc1CNC(C)(C)C. The van der Waals surface area contributed by atoms with E-state index >= 15 is 0 Å². The van der Waals surface area contributed by atoms with Gasteiger partial charge in [0.25, 0.3) is 0 Å². The van der Waals surface area contributed by atoms with Gasteiger partial charge >= 0.3 is 0 Å². The van der Waals surface area contributed by atoms with Gasteiger partial charge in [0.1, 0.15) is 18.1 Å². The smallest absolute Gasteiger partial charge is 0.146 e. The predicted molar refractivity (Wildman–Crippen MR) is 85.8 cm³/mol. The molecular weight excluding hydrogens is 286 g/mol. The van der Waals surface area contributed by atoms with E-state index in [1.807, 2.05) is 31.2 Å². The summed E-state index contributed by atoms with van der Waals surface area (Å²) < 4.78 is 11.4. The maximum Gasteiger partial charge on any atom is 0.146 e. The molecule has 3 nitrogen and oxygen atoms in total. The van der Waals surface area contributed by atoms with Crippen molar-refractivity contribution >= 4 is 11.6 Å². The highest BCUT2D eigenvalue weighted by Gasteiger charge is 2.13. The van der Waals surface area contributed by atoms with Gasteiger partial charge in [-0.1, -0.05) is 11.6 Å². The topological polar surface area (TPSA) is 34.4 Å². The molecule has 0 spiro atoms. The average Bonchev–Trinajstić information content (AvgIpc) is 2.82. The zero-order valence-corrected chi connectivity index (χ0v) is 13.8. The van der Waals surface area contributed by atoms with Crippen LogP contribution in [0.3, 0.4) is 0 Å². The molecule has 0 fully saturated rings. The number of rotatable bonds is 5. The third-order valence-corrected chi connectivity index (χ3v) is 3.38. The Bertz CT molecular complexity index is 599. The van der Waals surface area contributed by atoms with Crippen molar-refractivity contribution in [1.29, 1.82) is 0 Å². The molecule has 0 aliphatic rings. The Hall–Kier alpha value is -1.45. The summed E-state index contributed by atoms with van der Waals surface area (Å²) in [4.78, 5) is 0. The molecule has 2 aromatic rings. The average molecular weight is 308 g/mol. The van der Waals surface area contributed by atoms with Gasteiger partial charge in [-0.2, -0.15) is 0 Å². The van der Waals surface area contributed by atoms with Crippen LogP contribution in [0.25, 0.3) is 0 Å². The third-order valence-electron chi connectivity index (χ3n) is 3.14. The van der Waals surface area contributed by atoms with Gasteiger partial charge < -0.3 is 14.5 Å². The molecule has 1 heterocycles. The molecule has 2 rings (SSSR count). The number of hydrogen-bond acceptors (Lipinski definition) is 3. The van der Waals surface area contributed by atoms with E-state index in [9.17, 15) is 0 Å². The number of ether oxygens (including phenoxy) is 1. The van der Waals surface area contributed by atoms with Gasteiger partial charge in [-0.25, -0.2) is 0 Å². The molecule has 0 aliphatic carbocycles. The van der Waals surface area contributed by atoms with Gasteiger partial charge in [-0.15, -0.1) is 0 Å². The lowest BCUT2D eigenvalue weighted by Crippen LogP contribution is -2.35. The monoisotopic (exact) mass is 307 g/mol. The van der Waals surface area contributed by atoms with Crippen molar-refractivity contribution in [3.05, 3.63) is 52.4 Å². The fourth-order valence-corrected chi connectivity index (χ4v) is 2.16. The van der Waals surface area contributed by atoms with E-state index in [4.69, 9.17) is 20.8 Å². The molecule has 1 N–H and O–H groups in total. The minimum absolute atomic E-state index is 0.0716. The molecule has 1 aromatic carbocycles. The fourth-order valence-electron chi connectivity index (χ4n) is 1.93. The summed E-state index contributed by atoms with van der Waals surface area (Å²) in [5.74, 6) is 1.67. The molecule has 0 atom stereocenters. The Morgan fingerprint density at radius 2 is 2.00 bits per heavy atom. The largest absolute Gasteiger partial charge is 0.485 e. The molecule has 0 amide bonds. The molecule has 114 valence electrons. The maximum absolute atomic E-state index is 5.94. The molecular formula is C17H22ClNO2. The summed E-state index contributed by atoms with van der Waals surface area (Å²) in [7, 11) is 0. The molecule has 21 heavy (non-hydrogen) atoms. The summed E-state index contributed by atoms with van der Waals surface area (Å²) in [6.45, 7) is 9.57. The minimum atomic E-state index is 0.0716. The first-order chi connectivity index (χ1) is 9.85. The van der Waals surface area contributed by atoms with E-state index < -0.39 is 0 Å². The first-order valence-electron chi connectivity index (χ1n) is 7.04. The number of nitrogens with one attached hydrogen (secondary N) is 1.